The Morgan fingerprint density at radius 2 is 0.960 bits per heavy atom. The summed E-state index contributed by atoms with van der Waals surface area (Å²) in [6.07, 6.45) is 18.8. The molecule has 3 saturated carbocycles. The van der Waals surface area contributed by atoms with Crippen molar-refractivity contribution in [3.8, 4) is 0 Å². The van der Waals surface area contributed by atoms with Gasteiger partial charge < -0.3 is 21.5 Å². The zero-order valence-corrected chi connectivity index (χ0v) is 16.7. The fourth-order valence-corrected chi connectivity index (χ4v) is 4.88. The second kappa shape index (κ2) is 15.0. The van der Waals surface area contributed by atoms with Gasteiger partial charge in [-0.2, -0.15) is 0 Å². The maximum atomic E-state index is 8.69. The van der Waals surface area contributed by atoms with Gasteiger partial charge in [0.2, 0.25) is 0 Å². The van der Waals surface area contributed by atoms with E-state index >= 15 is 0 Å². The zero-order chi connectivity index (χ0) is 15.8. The van der Waals surface area contributed by atoms with Crippen LogP contribution >= 0.6 is 0 Å². The lowest BCUT2D eigenvalue weighted by Gasteiger charge is -2.36. The standard InChI is InChI=1S/C14H26.C7H14O.3H2O.2H2/c1-11-3-7-13(8-4-11)14-9-5-12(2)6-10-14;8-6-7-4-2-1-3-5-7;;;;;/h11-14H,3-10H2,1-2H3;7-8H,1-6H2;3*1H2;2*1H. The highest BCUT2D eigenvalue weighted by atomic mass is 16.3. The summed E-state index contributed by atoms with van der Waals surface area (Å²) in [5.41, 5.74) is 0. The van der Waals surface area contributed by atoms with Gasteiger partial charge in [-0.25, -0.2) is 0 Å². The van der Waals surface area contributed by atoms with E-state index in [0.29, 0.717) is 12.5 Å². The molecule has 4 heteroatoms. The van der Waals surface area contributed by atoms with Crippen LogP contribution in [-0.4, -0.2) is 28.1 Å². The smallest absolute Gasteiger partial charge is 0.0459 e. The highest BCUT2D eigenvalue weighted by Crippen LogP contribution is 2.40. The van der Waals surface area contributed by atoms with E-state index in [0.717, 1.165) is 23.7 Å². The van der Waals surface area contributed by atoms with Crippen molar-refractivity contribution in [1.82, 2.24) is 0 Å². The summed E-state index contributed by atoms with van der Waals surface area (Å²) in [6.45, 7) is 5.28. The molecule has 0 aromatic rings. The lowest BCUT2D eigenvalue weighted by molar-refractivity contribution is 0.155. The minimum absolute atomic E-state index is 0. The monoisotopic (exact) mass is 366 g/mol. The van der Waals surface area contributed by atoms with Crippen LogP contribution < -0.4 is 0 Å². The van der Waals surface area contributed by atoms with Crippen LogP contribution in [0.1, 0.15) is 100 Å². The molecule has 0 aromatic carbocycles. The van der Waals surface area contributed by atoms with E-state index in [-0.39, 0.29) is 19.3 Å². The maximum Gasteiger partial charge on any atom is 0.0459 e. The van der Waals surface area contributed by atoms with Crippen molar-refractivity contribution in [2.75, 3.05) is 6.61 Å². The summed E-state index contributed by atoms with van der Waals surface area (Å²) in [6, 6.07) is 0. The summed E-state index contributed by atoms with van der Waals surface area (Å²) in [4.78, 5) is 0. The maximum absolute atomic E-state index is 8.69. The molecule has 3 aliphatic rings. The van der Waals surface area contributed by atoms with E-state index in [1.807, 2.05) is 0 Å². The van der Waals surface area contributed by atoms with E-state index in [2.05, 4.69) is 13.8 Å². The largest absolute Gasteiger partial charge is 0.412 e. The Kier molecular flexibility index (Phi) is 16.2. The molecule has 0 spiro atoms. The lowest BCUT2D eigenvalue weighted by Crippen LogP contribution is -2.24. The highest BCUT2D eigenvalue weighted by Gasteiger charge is 2.28. The van der Waals surface area contributed by atoms with Gasteiger partial charge in [-0.15, -0.1) is 0 Å². The van der Waals surface area contributed by atoms with Gasteiger partial charge in [0, 0.05) is 9.46 Å². The van der Waals surface area contributed by atoms with Gasteiger partial charge in [-0.05, 0) is 68.1 Å². The molecule has 0 saturated heterocycles. The van der Waals surface area contributed by atoms with E-state index in [9.17, 15) is 0 Å². The van der Waals surface area contributed by atoms with E-state index < -0.39 is 0 Å². The molecule has 3 fully saturated rings. The predicted octanol–water partition coefficient (Wildman–Crippen LogP) is 4.22. The van der Waals surface area contributed by atoms with Gasteiger partial charge >= 0.3 is 0 Å². The Morgan fingerprint density at radius 1 is 0.600 bits per heavy atom. The van der Waals surface area contributed by atoms with Crippen LogP contribution in [-0.2, 0) is 0 Å². The third kappa shape index (κ3) is 9.93. The lowest BCUT2D eigenvalue weighted by atomic mass is 9.70. The van der Waals surface area contributed by atoms with Crippen molar-refractivity contribution in [3.63, 3.8) is 0 Å². The number of aliphatic hydroxyl groups is 1. The first-order valence-electron chi connectivity index (χ1n) is 10.3. The molecule has 0 unspecified atom stereocenters. The molecular formula is C21H50O4. The summed E-state index contributed by atoms with van der Waals surface area (Å²) in [7, 11) is 0. The van der Waals surface area contributed by atoms with E-state index in [4.69, 9.17) is 5.11 Å². The molecule has 0 bridgehead atoms. The SMILES string of the molecule is CC1CCC(C2CCC(C)CC2)CC1.O.O.O.OCC1CCCCC1.[HH].[HH]. The van der Waals surface area contributed by atoms with Crippen LogP contribution in [0.15, 0.2) is 0 Å². The molecule has 0 radical (unpaired) electrons. The quantitative estimate of drug-likeness (QED) is 0.774. The molecule has 0 aliphatic heterocycles. The Hall–Kier alpha value is -0.160. The van der Waals surface area contributed by atoms with Gasteiger partial charge in [0.25, 0.3) is 0 Å². The van der Waals surface area contributed by atoms with E-state index in [1.165, 1.54) is 57.8 Å². The molecule has 158 valence electrons. The Balaban J connectivity index is -0.000000181. The molecule has 0 aromatic heterocycles. The highest BCUT2D eigenvalue weighted by molar-refractivity contribution is 4.80. The Bertz CT molecular complexity index is 266. The van der Waals surface area contributed by atoms with E-state index in [1.54, 1.807) is 25.7 Å². The minimum atomic E-state index is 0. The van der Waals surface area contributed by atoms with Crippen LogP contribution in [0.4, 0.5) is 0 Å². The van der Waals surface area contributed by atoms with Crippen molar-refractivity contribution in [2.24, 2.45) is 29.6 Å². The molecule has 0 atom stereocenters. The van der Waals surface area contributed by atoms with Crippen molar-refractivity contribution in [1.29, 1.82) is 0 Å². The molecular weight excluding hydrogens is 316 g/mol. The van der Waals surface area contributed by atoms with Crippen molar-refractivity contribution in [3.05, 3.63) is 0 Å². The van der Waals surface area contributed by atoms with Crippen molar-refractivity contribution in [2.45, 2.75) is 97.3 Å². The van der Waals surface area contributed by atoms with Gasteiger partial charge in [0.05, 0.1) is 0 Å². The normalized spacial score (nSPS) is 32.8. The molecule has 3 aliphatic carbocycles. The van der Waals surface area contributed by atoms with Crippen LogP contribution in [0, 0.1) is 29.6 Å². The summed E-state index contributed by atoms with van der Waals surface area (Å²) < 4.78 is 0. The molecule has 0 heterocycles. The van der Waals surface area contributed by atoms with Crippen molar-refractivity contribution >= 4 is 0 Å². The Labute approximate surface area is 158 Å². The summed E-state index contributed by atoms with van der Waals surface area (Å²) in [5, 5.41) is 8.69. The first-order chi connectivity index (χ1) is 10.7. The summed E-state index contributed by atoms with van der Waals surface area (Å²) in [5.74, 6) is 4.91. The minimum Gasteiger partial charge on any atom is -0.412 e. The topological polar surface area (TPSA) is 115 Å². The average molecular weight is 367 g/mol. The Morgan fingerprint density at radius 3 is 1.24 bits per heavy atom. The first-order valence-corrected chi connectivity index (χ1v) is 10.3. The molecule has 25 heavy (non-hydrogen) atoms. The fraction of sp³-hybridized carbons (Fsp3) is 1.00. The number of hydrogen-bond donors (Lipinski definition) is 1. The third-order valence-electron chi connectivity index (χ3n) is 6.77. The second-order valence-corrected chi connectivity index (χ2v) is 8.73. The fourth-order valence-electron chi connectivity index (χ4n) is 4.88. The van der Waals surface area contributed by atoms with Crippen LogP contribution in [0.25, 0.3) is 0 Å². The van der Waals surface area contributed by atoms with Crippen LogP contribution in [0.5, 0.6) is 0 Å². The van der Waals surface area contributed by atoms with Gasteiger partial charge in [0.15, 0.2) is 0 Å². The average Bonchev–Trinajstić information content (AvgIpc) is 2.58. The van der Waals surface area contributed by atoms with Gasteiger partial charge in [-0.1, -0.05) is 58.8 Å². The third-order valence-corrected chi connectivity index (χ3v) is 6.77. The number of aliphatic hydroxyl groups excluding tert-OH is 1. The van der Waals surface area contributed by atoms with Gasteiger partial charge in [0.1, 0.15) is 0 Å². The first kappa shape index (κ1) is 27.1. The van der Waals surface area contributed by atoms with Crippen LogP contribution in [0.2, 0.25) is 0 Å². The van der Waals surface area contributed by atoms with Crippen molar-refractivity contribution < 1.29 is 24.4 Å². The van der Waals surface area contributed by atoms with Gasteiger partial charge in [-0.3, -0.25) is 0 Å². The summed E-state index contributed by atoms with van der Waals surface area (Å²) >= 11 is 0. The van der Waals surface area contributed by atoms with Crippen LogP contribution in [0.3, 0.4) is 0 Å². The second-order valence-electron chi connectivity index (χ2n) is 8.73. The molecule has 7 N–H and O–H groups in total. The predicted molar refractivity (Wildman–Crippen MR) is 111 cm³/mol. The number of hydrogen-bond acceptors (Lipinski definition) is 1. The zero-order valence-electron chi connectivity index (χ0n) is 16.7. The molecule has 3 rings (SSSR count). The molecule has 4 nitrogen and oxygen atoms in total. The molecule has 0 amide bonds. The number of rotatable bonds is 2.